The number of hydrogen-bond acceptors (Lipinski definition) is 8. The van der Waals surface area contributed by atoms with Crippen molar-refractivity contribution >= 4 is 17.4 Å². The van der Waals surface area contributed by atoms with Crippen LogP contribution in [0.15, 0.2) is 31.0 Å². The third-order valence-electron chi connectivity index (χ3n) is 3.88. The van der Waals surface area contributed by atoms with E-state index >= 15 is 0 Å². The van der Waals surface area contributed by atoms with Gasteiger partial charge in [0.1, 0.15) is 6.33 Å². The number of fused-ring (bicyclic) bond motifs is 1. The van der Waals surface area contributed by atoms with Crippen LogP contribution in [0.2, 0.25) is 0 Å². The van der Waals surface area contributed by atoms with Gasteiger partial charge in [-0.25, -0.2) is 9.97 Å². The summed E-state index contributed by atoms with van der Waals surface area (Å²) in [5, 5.41) is 4.26. The number of hydrogen-bond donors (Lipinski definition) is 0. The predicted molar refractivity (Wildman–Crippen MR) is 83.8 cm³/mol. The molecule has 0 aromatic carbocycles. The van der Waals surface area contributed by atoms with Gasteiger partial charge in [0.05, 0.1) is 19.5 Å². The normalized spacial score (nSPS) is 15.2. The molecule has 3 aromatic rings. The molecule has 9 heteroatoms. The molecular weight excluding hydrogens is 296 g/mol. The molecule has 0 N–H and O–H groups in total. The zero-order valence-corrected chi connectivity index (χ0v) is 12.7. The SMILES string of the molecule is COc1ccnc(N2CCN(c3cncc4ncnn34)CC2)n1. The molecule has 3 aromatic heterocycles. The Hall–Kier alpha value is -2.97. The van der Waals surface area contributed by atoms with Crippen molar-refractivity contribution in [3.8, 4) is 5.88 Å². The summed E-state index contributed by atoms with van der Waals surface area (Å²) >= 11 is 0. The average Bonchev–Trinajstić information content (AvgIpc) is 3.11. The number of ether oxygens (including phenoxy) is 1. The van der Waals surface area contributed by atoms with Crippen molar-refractivity contribution in [3.63, 3.8) is 0 Å². The van der Waals surface area contributed by atoms with E-state index in [0.717, 1.165) is 37.6 Å². The molecule has 0 radical (unpaired) electrons. The molecule has 1 saturated heterocycles. The van der Waals surface area contributed by atoms with Crippen molar-refractivity contribution in [1.29, 1.82) is 0 Å². The van der Waals surface area contributed by atoms with Gasteiger partial charge in [0.25, 0.3) is 0 Å². The maximum absolute atomic E-state index is 5.16. The van der Waals surface area contributed by atoms with Crippen LogP contribution in [-0.4, -0.2) is 62.8 Å². The smallest absolute Gasteiger partial charge is 0.228 e. The summed E-state index contributed by atoms with van der Waals surface area (Å²) in [4.78, 5) is 21.5. The summed E-state index contributed by atoms with van der Waals surface area (Å²) in [5.41, 5.74) is 0.751. The van der Waals surface area contributed by atoms with E-state index in [0.29, 0.717) is 11.8 Å². The first-order valence-electron chi connectivity index (χ1n) is 7.36. The molecule has 1 fully saturated rings. The van der Waals surface area contributed by atoms with Gasteiger partial charge in [-0.05, 0) is 0 Å². The lowest BCUT2D eigenvalue weighted by molar-refractivity contribution is 0.396. The number of methoxy groups -OCH3 is 1. The second-order valence-electron chi connectivity index (χ2n) is 5.17. The quantitative estimate of drug-likeness (QED) is 0.680. The second kappa shape index (κ2) is 5.67. The van der Waals surface area contributed by atoms with Gasteiger partial charge in [-0.15, -0.1) is 0 Å². The summed E-state index contributed by atoms with van der Waals surface area (Å²) in [5.74, 6) is 2.22. The van der Waals surface area contributed by atoms with E-state index in [-0.39, 0.29) is 0 Å². The molecule has 118 valence electrons. The number of anilines is 2. The van der Waals surface area contributed by atoms with Gasteiger partial charge in [-0.2, -0.15) is 14.6 Å². The zero-order chi connectivity index (χ0) is 15.6. The molecule has 0 saturated carbocycles. The Bertz CT molecular complexity index is 811. The van der Waals surface area contributed by atoms with Crippen molar-refractivity contribution in [2.24, 2.45) is 0 Å². The van der Waals surface area contributed by atoms with Crippen LogP contribution in [0.5, 0.6) is 5.88 Å². The Kier molecular flexibility index (Phi) is 3.37. The predicted octanol–water partition coefficient (Wildman–Crippen LogP) is 0.249. The van der Waals surface area contributed by atoms with Crippen molar-refractivity contribution in [2.45, 2.75) is 0 Å². The Morgan fingerprint density at radius 2 is 1.87 bits per heavy atom. The fourth-order valence-corrected chi connectivity index (χ4v) is 2.69. The van der Waals surface area contributed by atoms with E-state index in [1.54, 1.807) is 31.9 Å². The molecule has 23 heavy (non-hydrogen) atoms. The lowest BCUT2D eigenvalue weighted by atomic mass is 10.3. The van der Waals surface area contributed by atoms with Gasteiger partial charge in [0.2, 0.25) is 11.8 Å². The minimum absolute atomic E-state index is 0.578. The standard InChI is InChI=1S/C14H16N8O/c1-23-12-2-3-16-14(19-12)21-6-4-20(5-7-21)13-9-15-8-11-17-10-18-22(11)13/h2-3,8-10H,4-7H2,1H3. The van der Waals surface area contributed by atoms with E-state index < -0.39 is 0 Å². The minimum atomic E-state index is 0.578. The van der Waals surface area contributed by atoms with Crippen molar-refractivity contribution in [2.75, 3.05) is 43.1 Å². The van der Waals surface area contributed by atoms with Crippen LogP contribution in [0, 0.1) is 0 Å². The Morgan fingerprint density at radius 3 is 2.70 bits per heavy atom. The van der Waals surface area contributed by atoms with E-state index in [4.69, 9.17) is 4.74 Å². The molecule has 0 spiro atoms. The van der Waals surface area contributed by atoms with Crippen molar-refractivity contribution < 1.29 is 4.74 Å². The first-order valence-corrected chi connectivity index (χ1v) is 7.36. The first kappa shape index (κ1) is 13.7. The van der Waals surface area contributed by atoms with Crippen molar-refractivity contribution in [1.82, 2.24) is 29.5 Å². The van der Waals surface area contributed by atoms with Gasteiger partial charge >= 0.3 is 0 Å². The molecule has 1 aliphatic rings. The van der Waals surface area contributed by atoms with Crippen LogP contribution in [0.25, 0.3) is 5.65 Å². The highest BCUT2D eigenvalue weighted by Gasteiger charge is 2.21. The average molecular weight is 312 g/mol. The van der Waals surface area contributed by atoms with Crippen LogP contribution in [0.1, 0.15) is 0 Å². The maximum Gasteiger partial charge on any atom is 0.228 e. The van der Waals surface area contributed by atoms with Crippen LogP contribution in [0.4, 0.5) is 11.8 Å². The molecular formula is C14H16N8O. The first-order chi connectivity index (χ1) is 11.3. The van der Waals surface area contributed by atoms with E-state index in [1.165, 1.54) is 0 Å². The largest absolute Gasteiger partial charge is 0.481 e. The summed E-state index contributed by atoms with van der Waals surface area (Å²) in [7, 11) is 1.61. The van der Waals surface area contributed by atoms with Crippen LogP contribution in [-0.2, 0) is 0 Å². The highest BCUT2D eigenvalue weighted by molar-refractivity contribution is 5.48. The van der Waals surface area contributed by atoms with Crippen LogP contribution >= 0.6 is 0 Å². The topological polar surface area (TPSA) is 84.6 Å². The molecule has 4 heterocycles. The summed E-state index contributed by atoms with van der Waals surface area (Å²) < 4.78 is 6.97. The molecule has 4 rings (SSSR count). The zero-order valence-electron chi connectivity index (χ0n) is 12.7. The third-order valence-corrected chi connectivity index (χ3v) is 3.88. The summed E-state index contributed by atoms with van der Waals surface area (Å²) in [6, 6.07) is 1.75. The van der Waals surface area contributed by atoms with Crippen LogP contribution in [0.3, 0.4) is 0 Å². The number of aromatic nitrogens is 6. The molecule has 0 unspecified atom stereocenters. The van der Waals surface area contributed by atoms with E-state index in [1.807, 2.05) is 10.7 Å². The number of rotatable bonds is 3. The molecule has 0 bridgehead atoms. The Morgan fingerprint density at radius 1 is 1.04 bits per heavy atom. The van der Waals surface area contributed by atoms with Crippen LogP contribution < -0.4 is 14.5 Å². The number of piperazine rings is 1. The monoisotopic (exact) mass is 312 g/mol. The second-order valence-corrected chi connectivity index (χ2v) is 5.17. The molecule has 1 aliphatic heterocycles. The Labute approximate surface area is 132 Å². The number of nitrogens with zero attached hydrogens (tertiary/aromatic N) is 8. The maximum atomic E-state index is 5.16. The van der Waals surface area contributed by atoms with Gasteiger partial charge in [-0.1, -0.05) is 0 Å². The van der Waals surface area contributed by atoms with Gasteiger partial charge in [0.15, 0.2) is 11.5 Å². The fraction of sp³-hybridized carbons (Fsp3) is 0.357. The molecule has 0 aliphatic carbocycles. The van der Waals surface area contributed by atoms with E-state index in [2.05, 4.69) is 34.8 Å². The Balaban J connectivity index is 1.51. The minimum Gasteiger partial charge on any atom is -0.481 e. The summed E-state index contributed by atoms with van der Waals surface area (Å²) in [6.45, 7) is 3.30. The van der Waals surface area contributed by atoms with Crippen molar-refractivity contribution in [3.05, 3.63) is 31.0 Å². The van der Waals surface area contributed by atoms with Gasteiger partial charge < -0.3 is 14.5 Å². The molecule has 0 amide bonds. The highest BCUT2D eigenvalue weighted by Crippen LogP contribution is 2.19. The fourth-order valence-electron chi connectivity index (χ4n) is 2.69. The van der Waals surface area contributed by atoms with E-state index in [9.17, 15) is 0 Å². The lowest BCUT2D eigenvalue weighted by Gasteiger charge is -2.35. The van der Waals surface area contributed by atoms with Gasteiger partial charge in [-0.3, -0.25) is 4.98 Å². The highest BCUT2D eigenvalue weighted by atomic mass is 16.5. The van der Waals surface area contributed by atoms with Gasteiger partial charge in [0, 0.05) is 38.4 Å². The third kappa shape index (κ3) is 2.50. The summed E-state index contributed by atoms with van der Waals surface area (Å²) in [6.07, 6.45) is 6.78. The lowest BCUT2D eigenvalue weighted by Crippen LogP contribution is -2.47. The molecule has 0 atom stereocenters. The molecule has 9 nitrogen and oxygen atoms in total.